The van der Waals surface area contributed by atoms with Gasteiger partial charge in [0.2, 0.25) is 0 Å². The molecule has 1 saturated heterocycles. The number of aliphatic hydroxyl groups excluding tert-OH is 5. The predicted molar refractivity (Wildman–Crippen MR) is 246 cm³/mol. The lowest BCUT2D eigenvalue weighted by atomic mass is 9.84. The van der Waals surface area contributed by atoms with Crippen LogP contribution in [0.2, 0.25) is 0 Å². The minimum absolute atomic E-state index is 0. The van der Waals surface area contributed by atoms with E-state index in [1.165, 1.54) is 25.7 Å². The van der Waals surface area contributed by atoms with Gasteiger partial charge in [-0.05, 0) is 50.4 Å². The largest absolute Gasteiger partial charge is 1.00 e. The molecule has 10 heteroatoms. The number of hydrogen-bond acceptors (Lipinski definition) is 10. The van der Waals surface area contributed by atoms with Crippen molar-refractivity contribution in [2.75, 3.05) is 46.2 Å². The summed E-state index contributed by atoms with van der Waals surface area (Å²) in [6.07, 6.45) is 18.2. The zero-order valence-electron chi connectivity index (χ0n) is 40.9. The molecule has 0 radical (unpaired) electrons. The van der Waals surface area contributed by atoms with E-state index in [0.717, 1.165) is 96.3 Å². The maximum absolute atomic E-state index is 10.1. The first kappa shape index (κ1) is 68.5. The highest BCUT2D eigenvalue weighted by Crippen LogP contribution is 2.32. The fourth-order valence-electron chi connectivity index (χ4n) is 6.04. The molecule has 4 atom stereocenters. The number of ether oxygens (including phenoxy) is 2. The van der Waals surface area contributed by atoms with Gasteiger partial charge in [0.05, 0.1) is 39.6 Å². The highest BCUT2D eigenvalue weighted by molar-refractivity contribution is 5.52. The molecule has 0 aromatic heterocycles. The van der Waals surface area contributed by atoms with Crippen molar-refractivity contribution in [3.05, 3.63) is 0 Å². The van der Waals surface area contributed by atoms with Crippen LogP contribution >= 0.6 is 0 Å². The Labute approximate surface area is 361 Å². The van der Waals surface area contributed by atoms with Crippen molar-refractivity contribution in [1.82, 2.24) is 0 Å². The van der Waals surface area contributed by atoms with Gasteiger partial charge in [0.15, 0.2) is 6.29 Å². The van der Waals surface area contributed by atoms with E-state index in [1.807, 2.05) is 48.5 Å². The normalized spacial score (nSPS) is 18.6. The summed E-state index contributed by atoms with van der Waals surface area (Å²) >= 11 is 0. The van der Waals surface area contributed by atoms with Gasteiger partial charge in [-0.15, -0.1) is 0 Å². The maximum Gasteiger partial charge on any atom is 1.00 e. The molecule has 354 valence electrons. The van der Waals surface area contributed by atoms with Crippen LogP contribution in [0.25, 0.3) is 0 Å². The van der Waals surface area contributed by atoms with E-state index < -0.39 is 0 Å². The third-order valence-electron chi connectivity index (χ3n) is 10.3. The van der Waals surface area contributed by atoms with Crippen LogP contribution in [-0.4, -0.2) is 96.9 Å². The van der Waals surface area contributed by atoms with E-state index in [9.17, 15) is 14.4 Å². The minimum Gasteiger partial charge on any atom is -0.396 e. The molecular weight excluding hydrogens is 737 g/mol. The number of carbonyl (C=O) groups excluding carboxylic acids is 3. The Morgan fingerprint density at radius 3 is 1.12 bits per heavy atom. The van der Waals surface area contributed by atoms with Crippen LogP contribution in [0, 0.1) is 39.4 Å². The van der Waals surface area contributed by atoms with Crippen LogP contribution in [0.4, 0.5) is 0 Å². The summed E-state index contributed by atoms with van der Waals surface area (Å²) in [4.78, 5) is 29.9. The Kier molecular flexibility index (Phi) is 51.7. The first-order chi connectivity index (χ1) is 26.8. The maximum atomic E-state index is 10.1. The number of hydrogen-bond donors (Lipinski definition) is 5. The third kappa shape index (κ3) is 40.2. The van der Waals surface area contributed by atoms with Crippen molar-refractivity contribution in [2.45, 2.75) is 207 Å². The Hall–Kier alpha value is -1.27. The summed E-state index contributed by atoms with van der Waals surface area (Å²) in [5, 5.41) is 43.9. The predicted octanol–water partition coefficient (Wildman–Crippen LogP) is 10.5. The molecule has 1 aliphatic rings. The Bertz CT molecular complexity index is 825. The molecule has 1 heterocycles. The topological polar surface area (TPSA) is 171 Å². The van der Waals surface area contributed by atoms with E-state index in [1.54, 1.807) is 0 Å². The summed E-state index contributed by atoms with van der Waals surface area (Å²) in [6, 6.07) is 0. The third-order valence-corrected chi connectivity index (χ3v) is 10.3. The van der Waals surface area contributed by atoms with Gasteiger partial charge in [-0.25, -0.2) is 0 Å². The van der Waals surface area contributed by atoms with Crippen LogP contribution in [0.1, 0.15) is 202 Å². The standard InChI is InChI=1S/C13H26O2.C8H16O2.2C7H16O2.2C6H12O.CH4/c1-5-7-11(3)12-14-9-13(4,8-6-2)10-15-12;1-3-4-8(2,7-10)5-6-9;2*1-3-4-7(2,5-8)6-9;2*1-3-4-6(2)5-7;/h11-12H,5-10H2,1-4H3;6,10H,3-5,7H2,1-2H3;2*8-9H,3-6H2,1-2H3;2*5-6H,3-4H2,1-2H3;1H4/p+1. The lowest BCUT2D eigenvalue weighted by Gasteiger charge is -2.39. The average Bonchev–Trinajstić information content (AvgIpc) is 3.20. The number of aldehydes is 3. The molecule has 58 heavy (non-hydrogen) atoms. The van der Waals surface area contributed by atoms with Crippen LogP contribution in [-0.2, 0) is 23.9 Å². The van der Waals surface area contributed by atoms with Crippen LogP contribution in [0.5, 0.6) is 0 Å². The second-order valence-electron chi connectivity index (χ2n) is 18.0. The molecule has 4 unspecified atom stereocenters. The highest BCUT2D eigenvalue weighted by Gasteiger charge is 2.33. The molecule has 0 aromatic rings. The smallest absolute Gasteiger partial charge is 0.396 e. The fraction of sp³-hybridized carbons (Fsp3) is 0.938. The molecule has 5 N–H and O–H groups in total. The van der Waals surface area contributed by atoms with E-state index in [4.69, 9.17) is 35.0 Å². The Morgan fingerprint density at radius 1 is 0.586 bits per heavy atom. The molecule has 0 aliphatic carbocycles. The van der Waals surface area contributed by atoms with Crippen molar-refractivity contribution < 1.29 is 50.8 Å². The lowest BCUT2D eigenvalue weighted by molar-refractivity contribution is -0.246. The molecule has 0 saturated carbocycles. The molecule has 1 rings (SSSR count). The van der Waals surface area contributed by atoms with Crippen LogP contribution < -0.4 is 0 Å². The zero-order valence-corrected chi connectivity index (χ0v) is 39.9. The van der Waals surface area contributed by atoms with Gasteiger partial charge in [0.25, 0.3) is 0 Å². The van der Waals surface area contributed by atoms with Crippen molar-refractivity contribution >= 4 is 18.9 Å². The molecule has 1 fully saturated rings. The monoisotopic (exact) mass is 840 g/mol. The van der Waals surface area contributed by atoms with Gasteiger partial charge in [0, 0.05) is 47.0 Å². The summed E-state index contributed by atoms with van der Waals surface area (Å²) in [7, 11) is 0. The number of rotatable bonds is 24. The number of carbonyl (C=O) groups is 3. The van der Waals surface area contributed by atoms with E-state index in [2.05, 4.69) is 48.5 Å². The van der Waals surface area contributed by atoms with Crippen LogP contribution in [0.3, 0.4) is 0 Å². The van der Waals surface area contributed by atoms with Crippen molar-refractivity contribution in [3.63, 3.8) is 0 Å². The molecule has 0 aromatic carbocycles. The molecular formula is C48H103O10+. The van der Waals surface area contributed by atoms with Crippen molar-refractivity contribution in [3.8, 4) is 0 Å². The summed E-state index contributed by atoms with van der Waals surface area (Å²) in [5.41, 5.74) is -0.433. The first-order valence-corrected chi connectivity index (χ1v) is 22.4. The van der Waals surface area contributed by atoms with Gasteiger partial charge in [0.1, 0.15) is 18.9 Å². The summed E-state index contributed by atoms with van der Waals surface area (Å²) in [5.74, 6) is 1.07. The second kappa shape index (κ2) is 43.8. The Balaban J connectivity index is -0.000000112. The van der Waals surface area contributed by atoms with Gasteiger partial charge in [-0.1, -0.05) is 149 Å². The van der Waals surface area contributed by atoms with Crippen molar-refractivity contribution in [2.24, 2.45) is 39.4 Å². The van der Waals surface area contributed by atoms with Gasteiger partial charge < -0.3 is 49.4 Å². The summed E-state index contributed by atoms with van der Waals surface area (Å²) < 4.78 is 11.7. The lowest BCUT2D eigenvalue weighted by Crippen LogP contribution is -2.42. The minimum atomic E-state index is -0.255. The molecule has 1 aliphatic heterocycles. The molecule has 10 nitrogen and oxygen atoms in total. The zero-order chi connectivity index (χ0) is 45.4. The van der Waals surface area contributed by atoms with Gasteiger partial charge in [-0.2, -0.15) is 0 Å². The average molecular weight is 840 g/mol. The van der Waals surface area contributed by atoms with Gasteiger partial charge >= 0.3 is 1.43 Å². The highest BCUT2D eigenvalue weighted by atomic mass is 16.7. The van der Waals surface area contributed by atoms with Gasteiger partial charge in [-0.3, -0.25) is 0 Å². The van der Waals surface area contributed by atoms with E-state index >= 15 is 0 Å². The number of aliphatic hydroxyl groups is 5. The Morgan fingerprint density at radius 2 is 0.914 bits per heavy atom. The quantitative estimate of drug-likeness (QED) is 0.0589. The van der Waals surface area contributed by atoms with E-state index in [0.29, 0.717) is 12.3 Å². The summed E-state index contributed by atoms with van der Waals surface area (Å²) in [6.45, 7) is 31.0. The fourth-order valence-corrected chi connectivity index (χ4v) is 6.04. The SMILES string of the molecule is C.CCCC(C)(CO)CC=O.CCCC(C)(CO)CO.CCCC(C)(CO)CO.CCCC(C)C1OCC(C)(CCC)CO1.CCCC(C)C=O.CCCC(C)C=O.[H+]. The molecule has 0 amide bonds. The molecule has 0 spiro atoms. The first-order valence-electron chi connectivity index (χ1n) is 22.4. The van der Waals surface area contributed by atoms with Crippen LogP contribution in [0.15, 0.2) is 0 Å². The van der Waals surface area contributed by atoms with E-state index in [-0.39, 0.29) is 81.7 Å². The molecule has 0 bridgehead atoms. The van der Waals surface area contributed by atoms with Crippen molar-refractivity contribution in [1.29, 1.82) is 0 Å². The second-order valence-corrected chi connectivity index (χ2v) is 18.0.